The summed E-state index contributed by atoms with van der Waals surface area (Å²) in [5.41, 5.74) is 3.27. The van der Waals surface area contributed by atoms with E-state index in [4.69, 9.17) is 4.74 Å². The summed E-state index contributed by atoms with van der Waals surface area (Å²) < 4.78 is 7.17. The Morgan fingerprint density at radius 2 is 1.90 bits per heavy atom. The summed E-state index contributed by atoms with van der Waals surface area (Å²) in [6.07, 6.45) is 0.382. The molecule has 1 N–H and O–H groups in total. The molecule has 0 unspecified atom stereocenters. The van der Waals surface area contributed by atoms with E-state index >= 15 is 0 Å². The number of aromatic nitrogens is 1. The average molecular weight is 272 g/mol. The number of amides is 1. The minimum Gasteiger partial charge on any atom is -0.497 e. The molecule has 0 saturated carbocycles. The lowest BCUT2D eigenvalue weighted by molar-refractivity contribution is -0.120. The van der Waals surface area contributed by atoms with Crippen LogP contribution in [-0.2, 0) is 24.8 Å². The zero-order chi connectivity index (χ0) is 14.5. The van der Waals surface area contributed by atoms with Gasteiger partial charge in [0, 0.05) is 18.4 Å². The van der Waals surface area contributed by atoms with Crippen molar-refractivity contribution in [2.24, 2.45) is 7.05 Å². The summed E-state index contributed by atoms with van der Waals surface area (Å²) >= 11 is 0. The molecule has 1 aromatic heterocycles. The Labute approximate surface area is 119 Å². The van der Waals surface area contributed by atoms with Crippen LogP contribution in [0.25, 0.3) is 0 Å². The first-order valence-corrected chi connectivity index (χ1v) is 6.61. The highest BCUT2D eigenvalue weighted by Crippen LogP contribution is 2.11. The number of hydrogen-bond donors (Lipinski definition) is 1. The lowest BCUT2D eigenvalue weighted by Gasteiger charge is -2.08. The Morgan fingerprint density at radius 1 is 1.20 bits per heavy atom. The van der Waals surface area contributed by atoms with Crippen LogP contribution in [-0.4, -0.2) is 17.6 Å². The van der Waals surface area contributed by atoms with Crippen molar-refractivity contribution in [3.63, 3.8) is 0 Å². The molecule has 0 radical (unpaired) electrons. The van der Waals surface area contributed by atoms with Crippen molar-refractivity contribution in [2.75, 3.05) is 7.11 Å². The van der Waals surface area contributed by atoms with Crippen LogP contribution in [0.3, 0.4) is 0 Å². The molecule has 2 rings (SSSR count). The van der Waals surface area contributed by atoms with Gasteiger partial charge < -0.3 is 14.6 Å². The molecule has 2 aromatic rings. The van der Waals surface area contributed by atoms with Gasteiger partial charge in [0.05, 0.1) is 20.1 Å². The summed E-state index contributed by atoms with van der Waals surface area (Å²) in [7, 11) is 3.63. The third-order valence-electron chi connectivity index (χ3n) is 3.47. The molecule has 1 aromatic carbocycles. The molecule has 0 saturated heterocycles. The van der Waals surface area contributed by atoms with Crippen LogP contribution in [0.5, 0.6) is 5.75 Å². The zero-order valence-corrected chi connectivity index (χ0v) is 12.1. The Balaban J connectivity index is 1.87. The molecule has 4 nitrogen and oxygen atoms in total. The molecule has 1 amide bonds. The predicted molar refractivity (Wildman–Crippen MR) is 78.7 cm³/mol. The Hall–Kier alpha value is -2.23. The third kappa shape index (κ3) is 3.41. The molecule has 0 fully saturated rings. The van der Waals surface area contributed by atoms with Crippen LogP contribution in [0.2, 0.25) is 0 Å². The largest absolute Gasteiger partial charge is 0.497 e. The smallest absolute Gasteiger partial charge is 0.224 e. The molecule has 1 heterocycles. The van der Waals surface area contributed by atoms with Crippen molar-refractivity contribution in [3.8, 4) is 5.75 Å². The van der Waals surface area contributed by atoms with Gasteiger partial charge in [0.1, 0.15) is 5.75 Å². The standard InChI is InChI=1S/C16H20N2O2/c1-12-4-7-14(18(12)2)11-17-16(19)10-13-5-8-15(20-3)9-6-13/h4-9H,10-11H2,1-3H3,(H,17,19). The molecule has 20 heavy (non-hydrogen) atoms. The van der Waals surface area contributed by atoms with E-state index in [-0.39, 0.29) is 5.91 Å². The van der Waals surface area contributed by atoms with Gasteiger partial charge in [-0.2, -0.15) is 0 Å². The van der Waals surface area contributed by atoms with Crippen LogP contribution in [0.1, 0.15) is 17.0 Å². The Morgan fingerprint density at radius 3 is 2.45 bits per heavy atom. The molecule has 0 spiro atoms. The molecule has 0 aliphatic rings. The number of methoxy groups -OCH3 is 1. The van der Waals surface area contributed by atoms with Crippen molar-refractivity contribution in [2.45, 2.75) is 19.9 Å². The molecule has 0 bridgehead atoms. The SMILES string of the molecule is COc1ccc(CC(=O)NCc2ccc(C)n2C)cc1. The number of benzene rings is 1. The summed E-state index contributed by atoms with van der Waals surface area (Å²) in [6.45, 7) is 2.60. The second kappa shape index (κ2) is 6.28. The van der Waals surface area contributed by atoms with Gasteiger partial charge in [0.25, 0.3) is 0 Å². The van der Waals surface area contributed by atoms with Gasteiger partial charge in [0.15, 0.2) is 0 Å². The maximum atomic E-state index is 11.9. The highest BCUT2D eigenvalue weighted by Gasteiger charge is 2.06. The van der Waals surface area contributed by atoms with Gasteiger partial charge in [0.2, 0.25) is 5.91 Å². The van der Waals surface area contributed by atoms with Crippen LogP contribution >= 0.6 is 0 Å². The number of hydrogen-bond acceptors (Lipinski definition) is 2. The van der Waals surface area contributed by atoms with Gasteiger partial charge in [-0.05, 0) is 36.8 Å². The number of carbonyl (C=O) groups excluding carboxylic acids is 1. The third-order valence-corrected chi connectivity index (χ3v) is 3.47. The maximum Gasteiger partial charge on any atom is 0.224 e. The molecular weight excluding hydrogens is 252 g/mol. The average Bonchev–Trinajstić information content (AvgIpc) is 2.77. The number of ether oxygens (including phenoxy) is 1. The first kappa shape index (κ1) is 14.2. The number of carbonyl (C=O) groups is 1. The van der Waals surface area contributed by atoms with Crippen molar-refractivity contribution >= 4 is 5.91 Å². The van der Waals surface area contributed by atoms with Gasteiger partial charge in [-0.15, -0.1) is 0 Å². The minimum atomic E-state index is 0.0222. The van der Waals surface area contributed by atoms with E-state index in [0.29, 0.717) is 13.0 Å². The van der Waals surface area contributed by atoms with E-state index in [1.807, 2.05) is 50.4 Å². The van der Waals surface area contributed by atoms with Crippen LogP contribution in [0.15, 0.2) is 36.4 Å². The van der Waals surface area contributed by atoms with Gasteiger partial charge in [-0.25, -0.2) is 0 Å². The fourth-order valence-corrected chi connectivity index (χ4v) is 2.02. The first-order chi connectivity index (χ1) is 9.60. The van der Waals surface area contributed by atoms with E-state index in [1.165, 1.54) is 5.69 Å². The lowest BCUT2D eigenvalue weighted by Crippen LogP contribution is -2.25. The number of aryl methyl sites for hydroxylation is 1. The molecular formula is C16H20N2O2. The fourth-order valence-electron chi connectivity index (χ4n) is 2.02. The van der Waals surface area contributed by atoms with E-state index in [1.54, 1.807) is 7.11 Å². The molecule has 4 heteroatoms. The Kier molecular flexibility index (Phi) is 4.45. The predicted octanol–water partition coefficient (Wildman–Crippen LogP) is 2.20. The van der Waals surface area contributed by atoms with Crippen LogP contribution in [0.4, 0.5) is 0 Å². The summed E-state index contributed by atoms with van der Waals surface area (Å²) in [4.78, 5) is 11.9. The topological polar surface area (TPSA) is 43.3 Å². The van der Waals surface area contributed by atoms with Crippen molar-refractivity contribution < 1.29 is 9.53 Å². The van der Waals surface area contributed by atoms with Gasteiger partial charge in [-0.3, -0.25) is 4.79 Å². The summed E-state index contributed by atoms with van der Waals surface area (Å²) in [5.74, 6) is 0.822. The van der Waals surface area contributed by atoms with Crippen molar-refractivity contribution in [1.29, 1.82) is 0 Å². The minimum absolute atomic E-state index is 0.0222. The second-order valence-electron chi connectivity index (χ2n) is 4.83. The van der Waals surface area contributed by atoms with Gasteiger partial charge >= 0.3 is 0 Å². The lowest BCUT2D eigenvalue weighted by atomic mass is 10.1. The zero-order valence-electron chi connectivity index (χ0n) is 12.1. The van der Waals surface area contributed by atoms with Gasteiger partial charge in [-0.1, -0.05) is 12.1 Å². The number of nitrogens with zero attached hydrogens (tertiary/aromatic N) is 1. The highest BCUT2D eigenvalue weighted by molar-refractivity contribution is 5.78. The van der Waals surface area contributed by atoms with E-state index < -0.39 is 0 Å². The van der Waals surface area contributed by atoms with Crippen molar-refractivity contribution in [1.82, 2.24) is 9.88 Å². The highest BCUT2D eigenvalue weighted by atomic mass is 16.5. The molecule has 0 atom stereocenters. The van der Waals surface area contributed by atoms with Crippen LogP contribution in [0, 0.1) is 6.92 Å². The Bertz CT molecular complexity index is 585. The number of nitrogens with one attached hydrogen (secondary N) is 1. The number of rotatable bonds is 5. The maximum absolute atomic E-state index is 11.9. The van der Waals surface area contributed by atoms with E-state index in [0.717, 1.165) is 17.0 Å². The van der Waals surface area contributed by atoms with E-state index in [9.17, 15) is 4.79 Å². The van der Waals surface area contributed by atoms with E-state index in [2.05, 4.69) is 9.88 Å². The summed E-state index contributed by atoms with van der Waals surface area (Å²) in [6, 6.07) is 11.6. The first-order valence-electron chi connectivity index (χ1n) is 6.61. The molecule has 0 aliphatic heterocycles. The molecule has 106 valence electrons. The second-order valence-corrected chi connectivity index (χ2v) is 4.83. The van der Waals surface area contributed by atoms with Crippen LogP contribution < -0.4 is 10.1 Å². The monoisotopic (exact) mass is 272 g/mol. The molecule has 0 aliphatic carbocycles. The van der Waals surface area contributed by atoms with Crippen molar-refractivity contribution in [3.05, 3.63) is 53.3 Å². The normalized spacial score (nSPS) is 10.3. The fraction of sp³-hybridized carbons (Fsp3) is 0.312. The quantitative estimate of drug-likeness (QED) is 0.906. The summed E-state index contributed by atoms with van der Waals surface area (Å²) in [5, 5.41) is 2.94.